The number of carbonyl (C=O) groups is 1. The van der Waals surface area contributed by atoms with Crippen molar-refractivity contribution in [2.45, 2.75) is 38.1 Å². The summed E-state index contributed by atoms with van der Waals surface area (Å²) in [5, 5.41) is 0. The summed E-state index contributed by atoms with van der Waals surface area (Å²) in [5.74, 6) is -0.439. The lowest BCUT2D eigenvalue weighted by Gasteiger charge is -2.43. The van der Waals surface area contributed by atoms with Crippen LogP contribution < -0.4 is 0 Å². The minimum absolute atomic E-state index is 0.0787. The molecular formula is C13H18O4. The molecule has 1 heterocycles. The van der Waals surface area contributed by atoms with Crippen molar-refractivity contribution in [3.8, 4) is 0 Å². The number of ether oxygens (including phenoxy) is 3. The van der Waals surface area contributed by atoms with Gasteiger partial charge in [0.25, 0.3) is 0 Å². The van der Waals surface area contributed by atoms with Gasteiger partial charge in [-0.25, -0.2) is 0 Å². The summed E-state index contributed by atoms with van der Waals surface area (Å²) in [5.41, 5.74) is 0.954. The highest BCUT2D eigenvalue weighted by atomic mass is 16.7. The van der Waals surface area contributed by atoms with Crippen molar-refractivity contribution in [3.05, 3.63) is 11.6 Å². The molecule has 17 heavy (non-hydrogen) atoms. The van der Waals surface area contributed by atoms with Gasteiger partial charge in [0.05, 0.1) is 13.2 Å². The lowest BCUT2D eigenvalue weighted by Crippen LogP contribution is -2.49. The van der Waals surface area contributed by atoms with E-state index in [2.05, 4.69) is 6.92 Å². The highest BCUT2D eigenvalue weighted by Crippen LogP contribution is 2.58. The SMILES string of the molecule is COC1C[C@@]2(C)C(=CC1=O)CCC21OCCO1. The standard InChI is InChI=1S/C13H18O4/c1-12-8-11(15-2)10(14)7-9(12)3-4-13(12)16-5-6-17-13/h7,11H,3-6,8H2,1-2H3/t11?,12-/m0/s1. The topological polar surface area (TPSA) is 44.8 Å². The van der Waals surface area contributed by atoms with Gasteiger partial charge in [-0.05, 0) is 18.9 Å². The van der Waals surface area contributed by atoms with Crippen LogP contribution in [0, 0.1) is 5.41 Å². The Hall–Kier alpha value is -0.710. The zero-order valence-electron chi connectivity index (χ0n) is 10.3. The monoisotopic (exact) mass is 238 g/mol. The fourth-order valence-corrected chi connectivity index (χ4v) is 3.47. The Balaban J connectivity index is 2.01. The van der Waals surface area contributed by atoms with E-state index in [-0.39, 0.29) is 17.3 Å². The summed E-state index contributed by atoms with van der Waals surface area (Å²) in [6.45, 7) is 3.43. The first-order valence-corrected chi connectivity index (χ1v) is 6.17. The summed E-state index contributed by atoms with van der Waals surface area (Å²) in [7, 11) is 1.59. The molecule has 1 unspecified atom stereocenters. The molecule has 3 rings (SSSR count). The molecule has 0 N–H and O–H groups in total. The maximum atomic E-state index is 11.8. The molecular weight excluding hydrogens is 220 g/mol. The Morgan fingerprint density at radius 2 is 2.12 bits per heavy atom. The molecule has 2 atom stereocenters. The first kappa shape index (κ1) is 11.4. The molecule has 1 spiro atoms. The zero-order chi connectivity index (χ0) is 12.1. The second-order valence-corrected chi connectivity index (χ2v) is 5.28. The molecule has 2 fully saturated rings. The van der Waals surface area contributed by atoms with Crippen molar-refractivity contribution in [3.63, 3.8) is 0 Å². The molecule has 4 nitrogen and oxygen atoms in total. The molecule has 0 aromatic heterocycles. The van der Waals surface area contributed by atoms with Crippen LogP contribution in [0.25, 0.3) is 0 Å². The molecule has 0 aromatic carbocycles. The highest BCUT2D eigenvalue weighted by molar-refractivity contribution is 5.95. The predicted molar refractivity (Wildman–Crippen MR) is 60.5 cm³/mol. The number of carbonyl (C=O) groups excluding carboxylic acids is 1. The summed E-state index contributed by atoms with van der Waals surface area (Å²) in [6.07, 6.45) is 3.79. The van der Waals surface area contributed by atoms with Crippen LogP contribution in [0.4, 0.5) is 0 Å². The van der Waals surface area contributed by atoms with Crippen LogP contribution in [-0.4, -0.2) is 38.0 Å². The van der Waals surface area contributed by atoms with Gasteiger partial charge in [-0.3, -0.25) is 4.79 Å². The molecule has 3 aliphatic rings. The predicted octanol–water partition coefficient (Wildman–Crippen LogP) is 1.44. The van der Waals surface area contributed by atoms with E-state index in [4.69, 9.17) is 14.2 Å². The third-order valence-corrected chi connectivity index (χ3v) is 4.54. The Kier molecular flexibility index (Phi) is 2.44. The molecule has 0 radical (unpaired) electrons. The third-order valence-electron chi connectivity index (χ3n) is 4.54. The molecule has 4 heteroatoms. The third kappa shape index (κ3) is 1.38. The van der Waals surface area contributed by atoms with Crippen LogP contribution in [0.2, 0.25) is 0 Å². The number of hydrogen-bond acceptors (Lipinski definition) is 4. The second-order valence-electron chi connectivity index (χ2n) is 5.28. The fraction of sp³-hybridized carbons (Fsp3) is 0.769. The number of methoxy groups -OCH3 is 1. The molecule has 1 aliphatic heterocycles. The van der Waals surface area contributed by atoms with E-state index >= 15 is 0 Å². The van der Waals surface area contributed by atoms with Crippen molar-refractivity contribution >= 4 is 5.78 Å². The van der Waals surface area contributed by atoms with Crippen molar-refractivity contribution in [2.24, 2.45) is 5.41 Å². The van der Waals surface area contributed by atoms with Crippen molar-refractivity contribution in [2.75, 3.05) is 20.3 Å². The Labute approximate surface area is 101 Å². The van der Waals surface area contributed by atoms with Crippen molar-refractivity contribution < 1.29 is 19.0 Å². The first-order valence-electron chi connectivity index (χ1n) is 6.17. The number of rotatable bonds is 1. The van der Waals surface area contributed by atoms with E-state index in [1.165, 1.54) is 0 Å². The fourth-order valence-electron chi connectivity index (χ4n) is 3.47. The van der Waals surface area contributed by atoms with Gasteiger partial charge in [-0.2, -0.15) is 0 Å². The summed E-state index contributed by atoms with van der Waals surface area (Å²) >= 11 is 0. The number of hydrogen-bond donors (Lipinski definition) is 0. The maximum absolute atomic E-state index is 11.8. The Bertz CT molecular complexity index is 381. The van der Waals surface area contributed by atoms with Crippen LogP contribution >= 0.6 is 0 Å². The minimum Gasteiger partial charge on any atom is -0.373 e. The van der Waals surface area contributed by atoms with E-state index in [0.717, 1.165) is 18.4 Å². The van der Waals surface area contributed by atoms with E-state index in [1.807, 2.05) is 0 Å². The van der Waals surface area contributed by atoms with Crippen LogP contribution in [-0.2, 0) is 19.0 Å². The zero-order valence-corrected chi connectivity index (χ0v) is 10.3. The average molecular weight is 238 g/mol. The summed E-state index contributed by atoms with van der Waals surface area (Å²) < 4.78 is 17.0. The van der Waals surface area contributed by atoms with Gasteiger partial charge in [0.2, 0.25) is 0 Å². The molecule has 1 saturated heterocycles. The van der Waals surface area contributed by atoms with E-state index in [0.29, 0.717) is 19.6 Å². The molecule has 0 amide bonds. The van der Waals surface area contributed by atoms with Crippen LogP contribution in [0.3, 0.4) is 0 Å². The van der Waals surface area contributed by atoms with Gasteiger partial charge in [0, 0.05) is 18.9 Å². The lowest BCUT2D eigenvalue weighted by molar-refractivity contribution is -0.217. The van der Waals surface area contributed by atoms with E-state index in [1.54, 1.807) is 13.2 Å². The quantitative estimate of drug-likeness (QED) is 0.693. The van der Waals surface area contributed by atoms with Gasteiger partial charge in [-0.1, -0.05) is 12.5 Å². The van der Waals surface area contributed by atoms with Gasteiger partial charge >= 0.3 is 0 Å². The van der Waals surface area contributed by atoms with Crippen molar-refractivity contribution in [1.29, 1.82) is 0 Å². The lowest BCUT2D eigenvalue weighted by atomic mass is 9.71. The van der Waals surface area contributed by atoms with E-state index in [9.17, 15) is 4.79 Å². The first-order chi connectivity index (χ1) is 8.11. The molecule has 1 saturated carbocycles. The Morgan fingerprint density at radius 3 is 2.76 bits per heavy atom. The van der Waals surface area contributed by atoms with Gasteiger partial charge in [0.15, 0.2) is 11.6 Å². The highest BCUT2D eigenvalue weighted by Gasteiger charge is 2.61. The van der Waals surface area contributed by atoms with Crippen molar-refractivity contribution in [1.82, 2.24) is 0 Å². The molecule has 2 aliphatic carbocycles. The van der Waals surface area contributed by atoms with Crippen LogP contribution in [0.15, 0.2) is 11.6 Å². The average Bonchev–Trinajstić information content (AvgIpc) is 2.89. The largest absolute Gasteiger partial charge is 0.373 e. The maximum Gasteiger partial charge on any atom is 0.184 e. The summed E-state index contributed by atoms with van der Waals surface area (Å²) in [4.78, 5) is 11.8. The number of ketones is 1. The molecule has 94 valence electrons. The Morgan fingerprint density at radius 1 is 1.41 bits per heavy atom. The molecule has 0 bridgehead atoms. The summed E-state index contributed by atoms with van der Waals surface area (Å²) in [6, 6.07) is 0. The van der Waals surface area contributed by atoms with Gasteiger partial charge in [-0.15, -0.1) is 0 Å². The molecule has 0 aromatic rings. The minimum atomic E-state index is -0.518. The van der Waals surface area contributed by atoms with Gasteiger partial charge in [0.1, 0.15) is 6.10 Å². The van der Waals surface area contributed by atoms with Crippen LogP contribution in [0.1, 0.15) is 26.2 Å². The normalized spacial score (nSPS) is 39.5. The second kappa shape index (κ2) is 3.64. The smallest absolute Gasteiger partial charge is 0.184 e. The number of fused-ring (bicyclic) bond motifs is 2. The van der Waals surface area contributed by atoms with Crippen LogP contribution in [0.5, 0.6) is 0 Å². The van der Waals surface area contributed by atoms with E-state index < -0.39 is 5.79 Å². The van der Waals surface area contributed by atoms with Gasteiger partial charge < -0.3 is 14.2 Å².